The number of rotatable bonds is 2. The SMILES string of the molecule is Cc1cccc(-c2nc3cc(C(=O)O)c(F)cc3[nH]2)c1C. The van der Waals surface area contributed by atoms with Gasteiger partial charge >= 0.3 is 5.97 Å². The van der Waals surface area contributed by atoms with Gasteiger partial charge in [0.1, 0.15) is 11.6 Å². The standard InChI is InChI=1S/C16H13FN2O2/c1-8-4-3-5-10(9(8)2)15-18-13-6-11(16(20)21)12(17)7-14(13)19-15/h3-7H,1-2H3,(H,18,19)(H,20,21). The second kappa shape index (κ2) is 4.70. The van der Waals surface area contributed by atoms with E-state index in [1.54, 1.807) is 0 Å². The molecule has 3 rings (SSSR count). The zero-order chi connectivity index (χ0) is 15.1. The van der Waals surface area contributed by atoms with E-state index in [0.717, 1.165) is 16.7 Å². The van der Waals surface area contributed by atoms with Gasteiger partial charge in [-0.2, -0.15) is 0 Å². The van der Waals surface area contributed by atoms with E-state index in [2.05, 4.69) is 9.97 Å². The number of carboxylic acids is 1. The number of H-pyrrole nitrogens is 1. The third-order valence-corrected chi connectivity index (χ3v) is 3.66. The number of nitrogens with zero attached hydrogens (tertiary/aromatic N) is 1. The summed E-state index contributed by atoms with van der Waals surface area (Å²) in [5, 5.41) is 8.95. The fraction of sp³-hybridized carbons (Fsp3) is 0.125. The molecule has 2 aromatic carbocycles. The highest BCUT2D eigenvalue weighted by molar-refractivity contribution is 5.93. The summed E-state index contributed by atoms with van der Waals surface area (Å²) in [5.41, 5.74) is 3.67. The molecule has 0 fully saturated rings. The number of nitrogens with one attached hydrogen (secondary N) is 1. The number of fused-ring (bicyclic) bond motifs is 1. The Bertz CT molecular complexity index is 868. The fourth-order valence-corrected chi connectivity index (χ4v) is 2.33. The lowest BCUT2D eigenvalue weighted by molar-refractivity contribution is 0.0692. The van der Waals surface area contributed by atoms with E-state index in [0.29, 0.717) is 16.9 Å². The number of aromatic carboxylic acids is 1. The number of benzene rings is 2. The summed E-state index contributed by atoms with van der Waals surface area (Å²) in [4.78, 5) is 18.4. The molecular weight excluding hydrogens is 271 g/mol. The molecular formula is C16H13FN2O2. The summed E-state index contributed by atoms with van der Waals surface area (Å²) >= 11 is 0. The van der Waals surface area contributed by atoms with Gasteiger partial charge in [-0.15, -0.1) is 0 Å². The smallest absolute Gasteiger partial charge is 0.338 e. The lowest BCUT2D eigenvalue weighted by atomic mass is 10.0. The predicted molar refractivity (Wildman–Crippen MR) is 77.9 cm³/mol. The second-order valence-corrected chi connectivity index (χ2v) is 4.99. The van der Waals surface area contributed by atoms with Gasteiger partial charge in [-0.05, 0) is 31.0 Å². The maximum Gasteiger partial charge on any atom is 0.338 e. The molecule has 1 aromatic heterocycles. The lowest BCUT2D eigenvalue weighted by Gasteiger charge is -2.04. The van der Waals surface area contributed by atoms with Crippen LogP contribution in [0.5, 0.6) is 0 Å². The van der Waals surface area contributed by atoms with Gasteiger partial charge in [0.15, 0.2) is 0 Å². The van der Waals surface area contributed by atoms with Crippen molar-refractivity contribution in [3.8, 4) is 11.4 Å². The van der Waals surface area contributed by atoms with Crippen LogP contribution >= 0.6 is 0 Å². The minimum Gasteiger partial charge on any atom is -0.478 e. The topological polar surface area (TPSA) is 66.0 Å². The third-order valence-electron chi connectivity index (χ3n) is 3.66. The Morgan fingerprint density at radius 3 is 2.76 bits per heavy atom. The predicted octanol–water partition coefficient (Wildman–Crippen LogP) is 3.68. The number of hydrogen-bond donors (Lipinski definition) is 2. The van der Waals surface area contributed by atoms with E-state index >= 15 is 0 Å². The molecule has 0 atom stereocenters. The van der Waals surface area contributed by atoms with Gasteiger partial charge in [0, 0.05) is 11.6 Å². The molecule has 0 spiro atoms. The molecule has 21 heavy (non-hydrogen) atoms. The van der Waals surface area contributed by atoms with Crippen LogP contribution in [0.1, 0.15) is 21.5 Å². The van der Waals surface area contributed by atoms with Gasteiger partial charge in [-0.3, -0.25) is 0 Å². The van der Waals surface area contributed by atoms with Crippen molar-refractivity contribution in [1.29, 1.82) is 0 Å². The normalized spacial score (nSPS) is 11.0. The Kier molecular flexibility index (Phi) is 2.97. The van der Waals surface area contributed by atoms with Crippen LogP contribution in [0, 0.1) is 19.7 Å². The summed E-state index contributed by atoms with van der Waals surface area (Å²) in [6, 6.07) is 8.27. The second-order valence-electron chi connectivity index (χ2n) is 4.99. The third kappa shape index (κ3) is 2.16. The molecule has 0 amide bonds. The van der Waals surface area contributed by atoms with Crippen molar-refractivity contribution in [2.45, 2.75) is 13.8 Å². The molecule has 5 heteroatoms. The van der Waals surface area contributed by atoms with Crippen LogP contribution < -0.4 is 0 Å². The molecule has 0 aliphatic rings. The van der Waals surface area contributed by atoms with Crippen molar-refractivity contribution in [1.82, 2.24) is 9.97 Å². The summed E-state index contributed by atoms with van der Waals surface area (Å²) in [6.07, 6.45) is 0. The monoisotopic (exact) mass is 284 g/mol. The Balaban J connectivity index is 2.22. The first-order valence-corrected chi connectivity index (χ1v) is 6.46. The Morgan fingerprint density at radius 1 is 1.29 bits per heavy atom. The van der Waals surface area contributed by atoms with Crippen LogP contribution in [-0.4, -0.2) is 21.0 Å². The summed E-state index contributed by atoms with van der Waals surface area (Å²) in [6.45, 7) is 3.99. The van der Waals surface area contributed by atoms with Gasteiger partial charge in [-0.1, -0.05) is 18.2 Å². The minimum absolute atomic E-state index is 0.374. The first kappa shape index (κ1) is 13.3. The Morgan fingerprint density at radius 2 is 2.05 bits per heavy atom. The zero-order valence-corrected chi connectivity index (χ0v) is 11.6. The maximum absolute atomic E-state index is 13.7. The van der Waals surface area contributed by atoms with E-state index < -0.39 is 11.8 Å². The van der Waals surface area contributed by atoms with Gasteiger partial charge in [-0.25, -0.2) is 14.2 Å². The highest BCUT2D eigenvalue weighted by Gasteiger charge is 2.15. The molecule has 0 saturated heterocycles. The molecule has 0 aliphatic heterocycles. The number of aromatic amines is 1. The summed E-state index contributed by atoms with van der Waals surface area (Å²) in [7, 11) is 0. The number of carbonyl (C=O) groups is 1. The number of aromatic nitrogens is 2. The van der Waals surface area contributed by atoms with E-state index in [4.69, 9.17) is 5.11 Å². The van der Waals surface area contributed by atoms with Crippen LogP contribution in [0.2, 0.25) is 0 Å². The van der Waals surface area contributed by atoms with Crippen molar-refractivity contribution >= 4 is 17.0 Å². The van der Waals surface area contributed by atoms with Crippen LogP contribution in [-0.2, 0) is 0 Å². The van der Waals surface area contributed by atoms with E-state index in [9.17, 15) is 9.18 Å². The molecule has 4 nitrogen and oxygen atoms in total. The molecule has 106 valence electrons. The average Bonchev–Trinajstić information content (AvgIpc) is 2.83. The molecule has 0 aliphatic carbocycles. The van der Waals surface area contributed by atoms with Gasteiger partial charge in [0.2, 0.25) is 0 Å². The van der Waals surface area contributed by atoms with Crippen molar-refractivity contribution in [2.24, 2.45) is 0 Å². The van der Waals surface area contributed by atoms with E-state index in [-0.39, 0.29) is 5.56 Å². The molecule has 0 bridgehead atoms. The Labute approximate surface area is 120 Å². The van der Waals surface area contributed by atoms with Crippen molar-refractivity contribution in [3.05, 3.63) is 52.8 Å². The van der Waals surface area contributed by atoms with Crippen LogP contribution in [0.15, 0.2) is 30.3 Å². The van der Waals surface area contributed by atoms with E-state index in [1.807, 2.05) is 32.0 Å². The number of imidazole rings is 1. The molecule has 2 N–H and O–H groups in total. The van der Waals surface area contributed by atoms with Gasteiger partial charge in [0.25, 0.3) is 0 Å². The number of hydrogen-bond acceptors (Lipinski definition) is 2. The first-order valence-electron chi connectivity index (χ1n) is 6.46. The number of carboxylic acid groups (broad SMARTS) is 1. The number of halogens is 1. The zero-order valence-electron chi connectivity index (χ0n) is 11.6. The van der Waals surface area contributed by atoms with Gasteiger partial charge in [0.05, 0.1) is 16.6 Å². The van der Waals surface area contributed by atoms with Crippen molar-refractivity contribution < 1.29 is 14.3 Å². The highest BCUT2D eigenvalue weighted by Crippen LogP contribution is 2.26. The average molecular weight is 284 g/mol. The molecule has 0 saturated carbocycles. The fourth-order valence-electron chi connectivity index (χ4n) is 2.33. The largest absolute Gasteiger partial charge is 0.478 e. The highest BCUT2D eigenvalue weighted by atomic mass is 19.1. The van der Waals surface area contributed by atoms with Crippen molar-refractivity contribution in [2.75, 3.05) is 0 Å². The first-order chi connectivity index (χ1) is 9.97. The molecule has 1 heterocycles. The van der Waals surface area contributed by atoms with E-state index in [1.165, 1.54) is 12.1 Å². The molecule has 0 radical (unpaired) electrons. The quantitative estimate of drug-likeness (QED) is 0.754. The van der Waals surface area contributed by atoms with Crippen molar-refractivity contribution in [3.63, 3.8) is 0 Å². The number of aryl methyl sites for hydroxylation is 1. The van der Waals surface area contributed by atoms with Crippen LogP contribution in [0.3, 0.4) is 0 Å². The molecule has 0 unspecified atom stereocenters. The lowest BCUT2D eigenvalue weighted by Crippen LogP contribution is -1.99. The minimum atomic E-state index is -1.30. The molecule has 3 aromatic rings. The van der Waals surface area contributed by atoms with Crippen LogP contribution in [0.25, 0.3) is 22.4 Å². The summed E-state index contributed by atoms with van der Waals surface area (Å²) in [5.74, 6) is -1.47. The maximum atomic E-state index is 13.7. The van der Waals surface area contributed by atoms with Crippen LogP contribution in [0.4, 0.5) is 4.39 Å². The Hall–Kier alpha value is -2.69. The van der Waals surface area contributed by atoms with Gasteiger partial charge < -0.3 is 10.1 Å². The summed E-state index contributed by atoms with van der Waals surface area (Å²) < 4.78 is 13.7.